The number of nitro benzene ring substituents is 1. The van der Waals surface area contributed by atoms with Crippen molar-refractivity contribution in [3.05, 3.63) is 98.1 Å². The van der Waals surface area contributed by atoms with Crippen LogP contribution in [-0.2, 0) is 0 Å². The molecule has 3 rings (SSSR count). The van der Waals surface area contributed by atoms with E-state index < -0.39 is 22.2 Å². The highest BCUT2D eigenvalue weighted by Gasteiger charge is 2.22. The minimum absolute atomic E-state index is 0.0256. The van der Waals surface area contributed by atoms with Gasteiger partial charge in [-0.2, -0.15) is 0 Å². The highest BCUT2D eigenvalue weighted by molar-refractivity contribution is 6.15. The van der Waals surface area contributed by atoms with Crippen LogP contribution in [0.1, 0.15) is 43.0 Å². The predicted octanol–water partition coefficient (Wildman–Crippen LogP) is 4.08. The van der Waals surface area contributed by atoms with Crippen LogP contribution >= 0.6 is 0 Å². The zero-order chi connectivity index (χ0) is 21.3. The van der Waals surface area contributed by atoms with Crippen LogP contribution in [0, 0.1) is 24.0 Å². The first-order chi connectivity index (χ1) is 13.7. The maximum absolute atomic E-state index is 12.9. The molecule has 0 unspecified atom stereocenters. The number of aromatic hydroxyl groups is 2. The lowest BCUT2D eigenvalue weighted by Gasteiger charge is -2.09. The zero-order valence-electron chi connectivity index (χ0n) is 15.7. The van der Waals surface area contributed by atoms with Gasteiger partial charge < -0.3 is 10.2 Å². The van der Waals surface area contributed by atoms with Gasteiger partial charge in [0, 0.05) is 23.3 Å². The average molecular weight is 391 g/mol. The van der Waals surface area contributed by atoms with E-state index in [1.807, 2.05) is 0 Å². The molecule has 0 amide bonds. The Labute approximate surface area is 166 Å². The molecule has 0 heterocycles. The maximum atomic E-state index is 12.9. The van der Waals surface area contributed by atoms with Crippen LogP contribution in [0.2, 0.25) is 0 Å². The second-order valence-electron chi connectivity index (χ2n) is 6.73. The van der Waals surface area contributed by atoms with E-state index in [0.29, 0.717) is 0 Å². The van der Waals surface area contributed by atoms with Gasteiger partial charge in [-0.1, -0.05) is 23.3 Å². The fraction of sp³-hybridized carbons (Fsp3) is 0.0909. The molecule has 0 saturated carbocycles. The van der Waals surface area contributed by atoms with E-state index in [1.54, 1.807) is 26.0 Å². The third-order valence-electron chi connectivity index (χ3n) is 4.45. The Kier molecular flexibility index (Phi) is 5.14. The van der Waals surface area contributed by atoms with Gasteiger partial charge in [-0.25, -0.2) is 0 Å². The number of phenols is 2. The molecule has 3 aromatic carbocycles. The number of ketones is 2. The van der Waals surface area contributed by atoms with Crippen molar-refractivity contribution in [2.75, 3.05) is 0 Å². The molecule has 0 spiro atoms. The molecule has 0 fully saturated rings. The number of rotatable bonds is 5. The second kappa shape index (κ2) is 7.55. The average Bonchev–Trinajstić information content (AvgIpc) is 2.70. The predicted molar refractivity (Wildman–Crippen MR) is 106 cm³/mol. The quantitative estimate of drug-likeness (QED) is 0.384. The van der Waals surface area contributed by atoms with Crippen LogP contribution in [0.25, 0.3) is 0 Å². The Morgan fingerprint density at radius 1 is 0.759 bits per heavy atom. The molecule has 7 nitrogen and oxygen atoms in total. The lowest BCUT2D eigenvalue weighted by Crippen LogP contribution is -2.08. The zero-order valence-corrected chi connectivity index (χ0v) is 15.7. The number of benzene rings is 3. The first kappa shape index (κ1) is 19.8. The summed E-state index contributed by atoms with van der Waals surface area (Å²) in [6, 6.07) is 12.2. The Hall–Kier alpha value is -4.00. The summed E-state index contributed by atoms with van der Waals surface area (Å²) in [4.78, 5) is 36.4. The van der Waals surface area contributed by atoms with Crippen molar-refractivity contribution in [2.45, 2.75) is 13.8 Å². The molecule has 2 N–H and O–H groups in total. The van der Waals surface area contributed by atoms with E-state index in [-0.39, 0.29) is 33.8 Å². The van der Waals surface area contributed by atoms with Crippen LogP contribution < -0.4 is 0 Å². The van der Waals surface area contributed by atoms with Crippen LogP contribution in [-0.4, -0.2) is 26.7 Å². The van der Waals surface area contributed by atoms with Gasteiger partial charge in [-0.15, -0.1) is 0 Å². The minimum Gasteiger partial charge on any atom is -0.507 e. The van der Waals surface area contributed by atoms with Crippen molar-refractivity contribution in [1.82, 2.24) is 0 Å². The van der Waals surface area contributed by atoms with Crippen molar-refractivity contribution in [1.29, 1.82) is 0 Å². The highest BCUT2D eigenvalue weighted by atomic mass is 16.6. The van der Waals surface area contributed by atoms with Crippen LogP contribution in [0.15, 0.2) is 54.6 Å². The minimum atomic E-state index is -0.709. The van der Waals surface area contributed by atoms with E-state index in [2.05, 4.69) is 0 Å². The molecule has 0 aliphatic rings. The Morgan fingerprint density at radius 3 is 1.55 bits per heavy atom. The van der Waals surface area contributed by atoms with E-state index in [1.165, 1.54) is 30.3 Å². The Bertz CT molecular complexity index is 1080. The molecule has 0 radical (unpaired) electrons. The van der Waals surface area contributed by atoms with Crippen molar-refractivity contribution >= 4 is 17.3 Å². The van der Waals surface area contributed by atoms with E-state index in [0.717, 1.165) is 23.3 Å². The van der Waals surface area contributed by atoms with Crippen LogP contribution in [0.5, 0.6) is 11.5 Å². The summed E-state index contributed by atoms with van der Waals surface area (Å²) in [5, 5.41) is 31.4. The molecule has 0 atom stereocenters. The largest absolute Gasteiger partial charge is 0.507 e. The monoisotopic (exact) mass is 391 g/mol. The summed E-state index contributed by atoms with van der Waals surface area (Å²) >= 11 is 0. The van der Waals surface area contributed by atoms with Crippen molar-refractivity contribution in [3.8, 4) is 11.5 Å². The van der Waals surface area contributed by atoms with Crippen LogP contribution in [0.4, 0.5) is 5.69 Å². The molecule has 146 valence electrons. The number of carbonyl (C=O) groups is 2. The number of carbonyl (C=O) groups excluding carboxylic acids is 2. The Balaban J connectivity index is 2.15. The summed E-state index contributed by atoms with van der Waals surface area (Å²) < 4.78 is 0. The highest BCUT2D eigenvalue weighted by Crippen LogP contribution is 2.28. The van der Waals surface area contributed by atoms with Crippen molar-refractivity contribution in [2.24, 2.45) is 0 Å². The summed E-state index contributed by atoms with van der Waals surface area (Å²) in [6.07, 6.45) is 0. The van der Waals surface area contributed by atoms with Gasteiger partial charge in [0.15, 0.2) is 11.6 Å². The molecular formula is C22H17NO6. The SMILES string of the molecule is Cc1ccc(O)c(C(=O)c2cc(C(=O)c3cc(C)ccc3O)cc([N+](=O)[O-])c2)c1. The van der Waals surface area contributed by atoms with E-state index in [4.69, 9.17) is 0 Å². The topological polar surface area (TPSA) is 118 Å². The first-order valence-electron chi connectivity index (χ1n) is 8.65. The summed E-state index contributed by atoms with van der Waals surface area (Å²) in [5.41, 5.74) is 0.712. The van der Waals surface area contributed by atoms with E-state index in [9.17, 15) is 29.9 Å². The molecule has 0 aliphatic heterocycles. The van der Waals surface area contributed by atoms with Crippen molar-refractivity contribution in [3.63, 3.8) is 0 Å². The molecule has 29 heavy (non-hydrogen) atoms. The number of non-ortho nitro benzene ring substituents is 1. The molecule has 7 heteroatoms. The summed E-state index contributed by atoms with van der Waals surface area (Å²) in [7, 11) is 0. The lowest BCUT2D eigenvalue weighted by atomic mass is 9.95. The molecule has 0 bridgehead atoms. The normalized spacial score (nSPS) is 10.6. The van der Waals surface area contributed by atoms with Gasteiger partial charge >= 0.3 is 0 Å². The number of hydrogen-bond donors (Lipinski definition) is 2. The molecule has 0 saturated heterocycles. The van der Waals surface area contributed by atoms with Gasteiger partial charge in [-0.3, -0.25) is 19.7 Å². The summed E-state index contributed by atoms with van der Waals surface area (Å²) in [6.45, 7) is 3.47. The van der Waals surface area contributed by atoms with Gasteiger partial charge in [0.2, 0.25) is 0 Å². The number of aryl methyl sites for hydroxylation is 2. The van der Waals surface area contributed by atoms with Gasteiger partial charge in [0.25, 0.3) is 5.69 Å². The van der Waals surface area contributed by atoms with Crippen molar-refractivity contribution < 1.29 is 24.7 Å². The van der Waals surface area contributed by atoms with Gasteiger partial charge in [0.1, 0.15) is 11.5 Å². The fourth-order valence-electron chi connectivity index (χ4n) is 2.95. The van der Waals surface area contributed by atoms with E-state index >= 15 is 0 Å². The van der Waals surface area contributed by atoms with Crippen LogP contribution in [0.3, 0.4) is 0 Å². The third-order valence-corrected chi connectivity index (χ3v) is 4.45. The smallest absolute Gasteiger partial charge is 0.270 e. The number of phenolic OH excluding ortho intramolecular Hbond substituents is 2. The van der Waals surface area contributed by atoms with Gasteiger partial charge in [-0.05, 0) is 44.2 Å². The number of nitrogens with zero attached hydrogens (tertiary/aromatic N) is 1. The number of hydrogen-bond acceptors (Lipinski definition) is 6. The molecule has 0 aromatic heterocycles. The standard InChI is InChI=1S/C22H17NO6/c1-12-3-5-19(24)17(7-12)21(26)14-9-15(11-16(10-14)23(28)29)22(27)18-8-13(2)4-6-20(18)25/h3-11,24-25H,1-2H3. The second-order valence-corrected chi connectivity index (χ2v) is 6.73. The maximum Gasteiger partial charge on any atom is 0.270 e. The summed E-state index contributed by atoms with van der Waals surface area (Å²) in [5.74, 6) is -1.84. The van der Waals surface area contributed by atoms with Gasteiger partial charge in [0.05, 0.1) is 16.1 Å². The molecular weight excluding hydrogens is 374 g/mol. The third kappa shape index (κ3) is 3.98. The fourth-order valence-corrected chi connectivity index (χ4v) is 2.95. The lowest BCUT2D eigenvalue weighted by molar-refractivity contribution is -0.384. The first-order valence-corrected chi connectivity index (χ1v) is 8.65. The molecule has 0 aliphatic carbocycles. The number of nitro groups is 1. The molecule has 3 aromatic rings. The Morgan fingerprint density at radius 2 is 1.17 bits per heavy atom.